The molecule has 0 atom stereocenters. The Hall–Kier alpha value is -1.06. The van der Waals surface area contributed by atoms with Crippen LogP contribution < -0.4 is 10.5 Å². The third kappa shape index (κ3) is 7.51. The summed E-state index contributed by atoms with van der Waals surface area (Å²) < 4.78 is 11.2. The van der Waals surface area contributed by atoms with Gasteiger partial charge in [-0.2, -0.15) is 0 Å². The molecule has 0 unspecified atom stereocenters. The zero-order valence-electron chi connectivity index (χ0n) is 12.9. The first kappa shape index (κ1) is 17.0. The number of rotatable bonds is 11. The van der Waals surface area contributed by atoms with Crippen LogP contribution in [-0.4, -0.2) is 26.4 Å². The average Bonchev–Trinajstić information content (AvgIpc) is 2.46. The predicted octanol–water partition coefficient (Wildman–Crippen LogP) is 3.72. The Morgan fingerprint density at radius 2 is 1.60 bits per heavy atom. The number of nitrogens with two attached hydrogens (primary N) is 1. The van der Waals surface area contributed by atoms with Crippen molar-refractivity contribution >= 4 is 0 Å². The molecule has 1 aromatic carbocycles. The van der Waals surface area contributed by atoms with Crippen LogP contribution in [0.1, 0.15) is 51.0 Å². The minimum absolute atomic E-state index is 0.566. The van der Waals surface area contributed by atoms with Crippen molar-refractivity contribution in [3.05, 3.63) is 29.8 Å². The van der Waals surface area contributed by atoms with E-state index in [2.05, 4.69) is 26.0 Å². The summed E-state index contributed by atoms with van der Waals surface area (Å²) in [5.41, 5.74) is 6.78. The summed E-state index contributed by atoms with van der Waals surface area (Å²) in [6, 6.07) is 8.36. The van der Waals surface area contributed by atoms with Gasteiger partial charge in [-0.25, -0.2) is 0 Å². The van der Waals surface area contributed by atoms with E-state index in [1.807, 2.05) is 12.1 Å². The second-order valence-electron chi connectivity index (χ2n) is 5.39. The van der Waals surface area contributed by atoms with Gasteiger partial charge in [0.2, 0.25) is 0 Å². The molecule has 114 valence electrons. The largest absolute Gasteiger partial charge is 0.494 e. The first-order valence-electron chi connectivity index (χ1n) is 7.74. The van der Waals surface area contributed by atoms with Gasteiger partial charge in [-0.15, -0.1) is 0 Å². The maximum atomic E-state index is 5.69. The molecule has 0 fully saturated rings. The van der Waals surface area contributed by atoms with E-state index < -0.39 is 0 Å². The van der Waals surface area contributed by atoms with Crippen molar-refractivity contribution in [1.82, 2.24) is 0 Å². The first-order chi connectivity index (χ1) is 9.74. The van der Waals surface area contributed by atoms with Gasteiger partial charge in [0.05, 0.1) is 6.61 Å². The monoisotopic (exact) mass is 279 g/mol. The van der Waals surface area contributed by atoms with Gasteiger partial charge in [-0.1, -0.05) is 26.0 Å². The molecule has 0 aliphatic carbocycles. The standard InChI is InChI=1S/C17H29NO2/c1-15(2)16-7-9-17(10-8-16)20-14-6-13-19-12-5-3-4-11-18/h7-10,15H,3-6,11-14,18H2,1-2H3. The molecule has 0 spiro atoms. The first-order valence-corrected chi connectivity index (χ1v) is 7.74. The lowest BCUT2D eigenvalue weighted by molar-refractivity contribution is 0.116. The molecule has 0 saturated carbocycles. The quantitative estimate of drug-likeness (QED) is 0.628. The molecule has 0 bridgehead atoms. The number of hydrogen-bond donors (Lipinski definition) is 1. The number of benzene rings is 1. The highest BCUT2D eigenvalue weighted by Crippen LogP contribution is 2.18. The summed E-state index contributed by atoms with van der Waals surface area (Å²) in [5.74, 6) is 1.51. The number of ether oxygens (including phenoxy) is 2. The SMILES string of the molecule is CC(C)c1ccc(OCCCOCCCCCN)cc1. The van der Waals surface area contributed by atoms with Crippen LogP contribution >= 0.6 is 0 Å². The molecule has 0 radical (unpaired) electrons. The molecule has 1 aromatic rings. The highest BCUT2D eigenvalue weighted by atomic mass is 16.5. The van der Waals surface area contributed by atoms with Crippen LogP contribution in [0, 0.1) is 0 Å². The third-order valence-corrected chi connectivity index (χ3v) is 3.24. The van der Waals surface area contributed by atoms with Gasteiger partial charge in [-0.05, 0) is 49.4 Å². The summed E-state index contributed by atoms with van der Waals surface area (Å²) in [6.45, 7) is 7.49. The van der Waals surface area contributed by atoms with E-state index in [9.17, 15) is 0 Å². The Balaban J connectivity index is 2.01. The van der Waals surface area contributed by atoms with Crippen molar-refractivity contribution in [1.29, 1.82) is 0 Å². The van der Waals surface area contributed by atoms with Crippen LogP contribution in [0.15, 0.2) is 24.3 Å². The Morgan fingerprint density at radius 3 is 2.25 bits per heavy atom. The van der Waals surface area contributed by atoms with Crippen molar-refractivity contribution < 1.29 is 9.47 Å². The van der Waals surface area contributed by atoms with Gasteiger partial charge < -0.3 is 15.2 Å². The Kier molecular flexibility index (Phi) is 9.09. The maximum absolute atomic E-state index is 5.69. The van der Waals surface area contributed by atoms with E-state index in [4.69, 9.17) is 15.2 Å². The van der Waals surface area contributed by atoms with Crippen LogP contribution in [0.3, 0.4) is 0 Å². The average molecular weight is 279 g/mol. The number of hydrogen-bond acceptors (Lipinski definition) is 3. The van der Waals surface area contributed by atoms with Crippen LogP contribution in [0.25, 0.3) is 0 Å². The van der Waals surface area contributed by atoms with Gasteiger partial charge in [0.15, 0.2) is 0 Å². The van der Waals surface area contributed by atoms with E-state index in [1.165, 1.54) is 5.56 Å². The highest BCUT2D eigenvalue weighted by molar-refractivity contribution is 5.28. The Morgan fingerprint density at radius 1 is 0.900 bits per heavy atom. The fraction of sp³-hybridized carbons (Fsp3) is 0.647. The van der Waals surface area contributed by atoms with Crippen molar-refractivity contribution in [3.8, 4) is 5.75 Å². The third-order valence-electron chi connectivity index (χ3n) is 3.24. The van der Waals surface area contributed by atoms with Crippen LogP contribution in [0.4, 0.5) is 0 Å². The molecule has 0 heterocycles. The van der Waals surface area contributed by atoms with Gasteiger partial charge in [0, 0.05) is 19.6 Å². The number of unbranched alkanes of at least 4 members (excludes halogenated alkanes) is 2. The lowest BCUT2D eigenvalue weighted by Crippen LogP contribution is -2.05. The Labute approximate surface area is 123 Å². The van der Waals surface area contributed by atoms with Gasteiger partial charge in [0.25, 0.3) is 0 Å². The molecule has 2 N–H and O–H groups in total. The highest BCUT2D eigenvalue weighted by Gasteiger charge is 1.99. The molecule has 0 aliphatic heterocycles. The minimum atomic E-state index is 0.566. The van der Waals surface area contributed by atoms with Crippen LogP contribution in [0.2, 0.25) is 0 Å². The molecule has 1 rings (SSSR count). The molecule has 0 amide bonds. The maximum Gasteiger partial charge on any atom is 0.119 e. The van der Waals surface area contributed by atoms with E-state index in [0.717, 1.165) is 51.2 Å². The summed E-state index contributed by atoms with van der Waals surface area (Å²) in [6.07, 6.45) is 4.30. The van der Waals surface area contributed by atoms with Crippen molar-refractivity contribution in [3.63, 3.8) is 0 Å². The van der Waals surface area contributed by atoms with Gasteiger partial charge in [0.1, 0.15) is 5.75 Å². The molecule has 3 heteroatoms. The molecular formula is C17H29NO2. The Bertz CT molecular complexity index is 335. The van der Waals surface area contributed by atoms with Crippen LogP contribution in [-0.2, 0) is 4.74 Å². The van der Waals surface area contributed by atoms with Crippen molar-refractivity contribution in [2.75, 3.05) is 26.4 Å². The van der Waals surface area contributed by atoms with Gasteiger partial charge >= 0.3 is 0 Å². The van der Waals surface area contributed by atoms with E-state index in [-0.39, 0.29) is 0 Å². The summed E-state index contributed by atoms with van der Waals surface area (Å²) in [4.78, 5) is 0. The fourth-order valence-corrected chi connectivity index (χ4v) is 1.93. The second-order valence-corrected chi connectivity index (χ2v) is 5.39. The molecule has 0 aliphatic rings. The normalized spacial score (nSPS) is 11.0. The lowest BCUT2D eigenvalue weighted by Gasteiger charge is -2.09. The molecular weight excluding hydrogens is 250 g/mol. The smallest absolute Gasteiger partial charge is 0.119 e. The van der Waals surface area contributed by atoms with E-state index in [1.54, 1.807) is 0 Å². The van der Waals surface area contributed by atoms with Crippen LogP contribution in [0.5, 0.6) is 5.75 Å². The second kappa shape index (κ2) is 10.7. The lowest BCUT2D eigenvalue weighted by atomic mass is 10.0. The molecule has 3 nitrogen and oxygen atoms in total. The van der Waals surface area contributed by atoms with Crippen molar-refractivity contribution in [2.24, 2.45) is 5.73 Å². The van der Waals surface area contributed by atoms with Gasteiger partial charge in [-0.3, -0.25) is 0 Å². The van der Waals surface area contributed by atoms with E-state index >= 15 is 0 Å². The molecule has 20 heavy (non-hydrogen) atoms. The predicted molar refractivity (Wildman–Crippen MR) is 84.4 cm³/mol. The molecule has 0 aromatic heterocycles. The topological polar surface area (TPSA) is 44.5 Å². The minimum Gasteiger partial charge on any atom is -0.494 e. The fourth-order valence-electron chi connectivity index (χ4n) is 1.93. The zero-order valence-corrected chi connectivity index (χ0v) is 12.9. The summed E-state index contributed by atoms with van der Waals surface area (Å²) >= 11 is 0. The summed E-state index contributed by atoms with van der Waals surface area (Å²) in [5, 5.41) is 0. The van der Waals surface area contributed by atoms with Crippen molar-refractivity contribution in [2.45, 2.75) is 45.4 Å². The summed E-state index contributed by atoms with van der Waals surface area (Å²) in [7, 11) is 0. The zero-order chi connectivity index (χ0) is 14.6. The van der Waals surface area contributed by atoms with E-state index in [0.29, 0.717) is 12.5 Å². The molecule has 0 saturated heterocycles.